The summed E-state index contributed by atoms with van der Waals surface area (Å²) in [5.41, 5.74) is 7.30. The predicted octanol–water partition coefficient (Wildman–Crippen LogP) is 4.27. The Kier molecular flexibility index (Phi) is 6.63. The molecule has 8 nitrogen and oxygen atoms in total. The van der Waals surface area contributed by atoms with Crippen molar-refractivity contribution in [1.82, 2.24) is 9.97 Å². The fourth-order valence-electron chi connectivity index (χ4n) is 3.82. The standard InChI is InChI=1S/C24H30ClN5O3S/c1-15-10-17(15)13-27-20-11-18(21(25)22(29-20)30(3)34(4,31)32)23-28-14-19(33-23)24(2,26)12-16-8-6-5-7-9-16/h5-9,11,14-15,17H,10,12-13,26H2,1-4H3,(H,27,29)/t15-,17+,24-/m0/s1. The van der Waals surface area contributed by atoms with E-state index in [0.29, 0.717) is 35.4 Å². The highest BCUT2D eigenvalue weighted by atomic mass is 35.5. The monoisotopic (exact) mass is 503 g/mol. The van der Waals surface area contributed by atoms with Crippen LogP contribution in [0.4, 0.5) is 11.6 Å². The molecule has 1 saturated carbocycles. The summed E-state index contributed by atoms with van der Waals surface area (Å²) in [6.45, 7) is 4.82. The number of hydrogen-bond donors (Lipinski definition) is 2. The number of aromatic nitrogens is 2. The number of rotatable bonds is 9. The zero-order chi connectivity index (χ0) is 24.7. The van der Waals surface area contributed by atoms with Crippen molar-refractivity contribution in [2.45, 2.75) is 32.2 Å². The lowest BCUT2D eigenvalue weighted by Crippen LogP contribution is -2.35. The molecular weight excluding hydrogens is 474 g/mol. The van der Waals surface area contributed by atoms with E-state index in [1.807, 2.05) is 37.3 Å². The molecule has 0 aliphatic heterocycles. The normalized spacial score (nSPS) is 19.5. The second-order valence-electron chi connectivity index (χ2n) is 9.39. The fraction of sp³-hybridized carbons (Fsp3) is 0.417. The van der Waals surface area contributed by atoms with Crippen LogP contribution in [-0.2, 0) is 22.0 Å². The van der Waals surface area contributed by atoms with E-state index in [9.17, 15) is 8.42 Å². The van der Waals surface area contributed by atoms with Crippen LogP contribution in [0.3, 0.4) is 0 Å². The summed E-state index contributed by atoms with van der Waals surface area (Å²) in [6.07, 6.45) is 4.40. The minimum atomic E-state index is -3.59. The van der Waals surface area contributed by atoms with Crippen LogP contribution in [-0.4, -0.2) is 38.2 Å². The molecule has 0 radical (unpaired) electrons. The third-order valence-electron chi connectivity index (χ3n) is 6.27. The molecule has 34 heavy (non-hydrogen) atoms. The number of hydrogen-bond acceptors (Lipinski definition) is 7. The third kappa shape index (κ3) is 5.37. The zero-order valence-corrected chi connectivity index (χ0v) is 21.3. The average molecular weight is 504 g/mol. The van der Waals surface area contributed by atoms with Gasteiger partial charge in [-0.1, -0.05) is 48.9 Å². The number of sulfonamides is 1. The van der Waals surface area contributed by atoms with Gasteiger partial charge in [0.05, 0.1) is 28.6 Å². The van der Waals surface area contributed by atoms with Crippen molar-refractivity contribution in [1.29, 1.82) is 0 Å². The van der Waals surface area contributed by atoms with Gasteiger partial charge in [0.1, 0.15) is 11.6 Å². The molecule has 10 heteroatoms. The van der Waals surface area contributed by atoms with Crippen molar-refractivity contribution in [3.05, 3.63) is 58.9 Å². The Labute approximate surface area is 205 Å². The molecule has 0 bridgehead atoms. The summed E-state index contributed by atoms with van der Waals surface area (Å²) in [6, 6.07) is 11.6. The number of oxazole rings is 1. The van der Waals surface area contributed by atoms with E-state index in [2.05, 4.69) is 22.2 Å². The second kappa shape index (κ2) is 9.20. The summed E-state index contributed by atoms with van der Waals surface area (Å²) in [5.74, 6) is 2.59. The molecule has 3 aromatic rings. The van der Waals surface area contributed by atoms with Crippen LogP contribution in [0.15, 0.2) is 47.0 Å². The molecule has 2 aromatic heterocycles. The topological polar surface area (TPSA) is 114 Å². The number of benzene rings is 1. The van der Waals surface area contributed by atoms with Crippen LogP contribution in [0, 0.1) is 11.8 Å². The molecule has 1 aromatic carbocycles. The van der Waals surface area contributed by atoms with Gasteiger partial charge in [-0.25, -0.2) is 18.4 Å². The van der Waals surface area contributed by atoms with Crippen molar-refractivity contribution in [2.75, 3.05) is 29.5 Å². The van der Waals surface area contributed by atoms with E-state index in [0.717, 1.165) is 29.1 Å². The SMILES string of the molecule is C[C@H]1C[C@@H]1CNc1cc(-c2ncc([C@@](C)(N)Cc3ccccc3)o2)c(Cl)c(N(C)S(C)(=O)=O)n1. The van der Waals surface area contributed by atoms with E-state index < -0.39 is 15.6 Å². The lowest BCUT2D eigenvalue weighted by Gasteiger charge is -2.22. The maximum absolute atomic E-state index is 12.2. The highest BCUT2D eigenvalue weighted by Gasteiger charge is 2.33. The van der Waals surface area contributed by atoms with Gasteiger partial charge in [-0.3, -0.25) is 4.31 Å². The zero-order valence-electron chi connectivity index (χ0n) is 19.7. The van der Waals surface area contributed by atoms with Gasteiger partial charge < -0.3 is 15.5 Å². The molecule has 2 heterocycles. The highest BCUT2D eigenvalue weighted by Crippen LogP contribution is 2.40. The first-order chi connectivity index (χ1) is 16.0. The Bertz CT molecular complexity index is 1280. The summed E-state index contributed by atoms with van der Waals surface area (Å²) in [7, 11) is -2.17. The van der Waals surface area contributed by atoms with Gasteiger partial charge >= 0.3 is 0 Å². The summed E-state index contributed by atoms with van der Waals surface area (Å²) in [4.78, 5) is 8.89. The largest absolute Gasteiger partial charge is 0.439 e. The molecule has 4 rings (SSSR count). The Balaban J connectivity index is 1.69. The van der Waals surface area contributed by atoms with Crippen molar-refractivity contribution >= 4 is 33.3 Å². The first-order valence-electron chi connectivity index (χ1n) is 11.1. The van der Waals surface area contributed by atoms with E-state index >= 15 is 0 Å². The predicted molar refractivity (Wildman–Crippen MR) is 135 cm³/mol. The Morgan fingerprint density at radius 1 is 1.32 bits per heavy atom. The first kappa shape index (κ1) is 24.5. The van der Waals surface area contributed by atoms with Gasteiger partial charge in [-0.15, -0.1) is 0 Å². The van der Waals surface area contributed by atoms with Gasteiger partial charge in [-0.05, 0) is 43.2 Å². The summed E-state index contributed by atoms with van der Waals surface area (Å²) < 4.78 is 31.6. The lowest BCUT2D eigenvalue weighted by molar-refractivity contribution is 0.371. The average Bonchev–Trinajstić information content (AvgIpc) is 3.25. The van der Waals surface area contributed by atoms with Gasteiger partial charge in [0.15, 0.2) is 5.82 Å². The van der Waals surface area contributed by atoms with Crippen molar-refractivity contribution in [3.63, 3.8) is 0 Å². The molecule has 0 spiro atoms. The second-order valence-corrected chi connectivity index (χ2v) is 11.8. The number of nitrogens with one attached hydrogen (secondary N) is 1. The smallest absolute Gasteiger partial charge is 0.233 e. The third-order valence-corrected chi connectivity index (χ3v) is 7.81. The molecule has 3 atom stereocenters. The molecule has 0 unspecified atom stereocenters. The van der Waals surface area contributed by atoms with Crippen LogP contribution in [0.25, 0.3) is 11.5 Å². The summed E-state index contributed by atoms with van der Waals surface area (Å²) >= 11 is 6.64. The molecule has 0 saturated heterocycles. The minimum absolute atomic E-state index is 0.104. The van der Waals surface area contributed by atoms with Crippen LogP contribution in [0.2, 0.25) is 5.02 Å². The molecule has 182 valence electrons. The first-order valence-corrected chi connectivity index (χ1v) is 13.4. The van der Waals surface area contributed by atoms with E-state index in [-0.39, 0.29) is 16.7 Å². The summed E-state index contributed by atoms with van der Waals surface area (Å²) in [5, 5.41) is 3.44. The fourth-order valence-corrected chi connectivity index (χ4v) is 4.62. The minimum Gasteiger partial charge on any atom is -0.439 e. The molecular formula is C24H30ClN5O3S. The number of halogens is 1. The lowest BCUT2D eigenvalue weighted by atomic mass is 9.92. The van der Waals surface area contributed by atoms with Crippen LogP contribution >= 0.6 is 11.6 Å². The maximum Gasteiger partial charge on any atom is 0.233 e. The number of pyridine rings is 1. The van der Waals surface area contributed by atoms with Crippen LogP contribution in [0.5, 0.6) is 0 Å². The number of nitrogens with zero attached hydrogens (tertiary/aromatic N) is 3. The van der Waals surface area contributed by atoms with Crippen molar-refractivity contribution < 1.29 is 12.8 Å². The molecule has 1 aliphatic carbocycles. The van der Waals surface area contributed by atoms with Crippen LogP contribution < -0.4 is 15.4 Å². The maximum atomic E-state index is 12.2. The molecule has 3 N–H and O–H groups in total. The van der Waals surface area contributed by atoms with Crippen LogP contribution in [0.1, 0.15) is 31.6 Å². The Morgan fingerprint density at radius 2 is 2.00 bits per heavy atom. The van der Waals surface area contributed by atoms with Gasteiger partial charge in [0.2, 0.25) is 15.9 Å². The van der Waals surface area contributed by atoms with E-state index in [4.69, 9.17) is 21.8 Å². The van der Waals surface area contributed by atoms with E-state index in [1.165, 1.54) is 7.05 Å². The van der Waals surface area contributed by atoms with Crippen molar-refractivity contribution in [2.24, 2.45) is 17.6 Å². The Hall–Kier alpha value is -2.62. The van der Waals surface area contributed by atoms with Gasteiger partial charge in [0, 0.05) is 13.6 Å². The highest BCUT2D eigenvalue weighted by molar-refractivity contribution is 7.92. The van der Waals surface area contributed by atoms with Crippen molar-refractivity contribution in [3.8, 4) is 11.5 Å². The molecule has 0 amide bonds. The molecule has 1 fully saturated rings. The van der Waals surface area contributed by atoms with Gasteiger partial charge in [-0.2, -0.15) is 0 Å². The molecule has 1 aliphatic rings. The van der Waals surface area contributed by atoms with E-state index in [1.54, 1.807) is 12.3 Å². The quantitative estimate of drug-likeness (QED) is 0.448. The Morgan fingerprint density at radius 3 is 2.62 bits per heavy atom. The number of anilines is 2. The number of nitrogens with two attached hydrogens (primary N) is 1. The van der Waals surface area contributed by atoms with Gasteiger partial charge in [0.25, 0.3) is 0 Å².